The van der Waals surface area contributed by atoms with Crippen molar-refractivity contribution in [1.29, 1.82) is 0 Å². The van der Waals surface area contributed by atoms with Crippen molar-refractivity contribution in [3.8, 4) is 0 Å². The van der Waals surface area contributed by atoms with Gasteiger partial charge < -0.3 is 10.4 Å². The molecule has 2 aromatic rings. The molecule has 0 aliphatic heterocycles. The second-order valence-corrected chi connectivity index (χ2v) is 6.69. The van der Waals surface area contributed by atoms with E-state index in [1.807, 2.05) is 36.6 Å². The van der Waals surface area contributed by atoms with Crippen LogP contribution in [-0.4, -0.2) is 16.9 Å². The predicted octanol–water partition coefficient (Wildman–Crippen LogP) is 4.33. The number of benzene rings is 1. The second-order valence-electron chi connectivity index (χ2n) is 4.56. The number of nitrogens with one attached hydrogen (secondary N) is 1. The van der Waals surface area contributed by atoms with E-state index in [9.17, 15) is 9.90 Å². The number of thiophene rings is 1. The molecule has 1 atom stereocenters. The maximum absolute atomic E-state index is 11.6. The molecule has 0 aliphatic rings. The lowest BCUT2D eigenvalue weighted by Gasteiger charge is -2.29. The Bertz CT molecular complexity index is 633. The van der Waals surface area contributed by atoms with Gasteiger partial charge in [-0.25, -0.2) is 0 Å². The summed E-state index contributed by atoms with van der Waals surface area (Å²) in [6, 6.07) is 9.20. The summed E-state index contributed by atoms with van der Waals surface area (Å²) >= 11 is 10.5. The van der Waals surface area contributed by atoms with Crippen LogP contribution in [0, 0.1) is 0 Å². The fourth-order valence-corrected chi connectivity index (χ4v) is 3.50. The highest BCUT2D eigenvalue weighted by atomic mass is 79.9. The van der Waals surface area contributed by atoms with Crippen LogP contribution in [-0.2, 0) is 10.4 Å². The van der Waals surface area contributed by atoms with Gasteiger partial charge in [0.15, 0.2) is 0 Å². The molecule has 2 N–H and O–H groups in total. The topological polar surface area (TPSA) is 49.3 Å². The molecule has 6 heteroatoms. The standard InChI is InChI=1S/C15H15BrClNO2S/c1-2-15(20,13-4-3-7-21-13)11-8-10(16)5-6-12(11)18-14(19)9-17/h3-8,20H,2,9H2,1H3,(H,18,19). The van der Waals surface area contributed by atoms with E-state index in [-0.39, 0.29) is 11.8 Å². The molecule has 112 valence electrons. The second kappa shape index (κ2) is 6.92. The minimum Gasteiger partial charge on any atom is -0.379 e. The molecule has 1 amide bonds. The van der Waals surface area contributed by atoms with Crippen molar-refractivity contribution in [2.45, 2.75) is 18.9 Å². The van der Waals surface area contributed by atoms with Crippen LogP contribution in [0.3, 0.4) is 0 Å². The normalized spacial score (nSPS) is 13.7. The van der Waals surface area contributed by atoms with Gasteiger partial charge in [-0.3, -0.25) is 4.79 Å². The van der Waals surface area contributed by atoms with Crippen LogP contribution in [0.5, 0.6) is 0 Å². The molecule has 1 heterocycles. The van der Waals surface area contributed by atoms with Gasteiger partial charge in [-0.2, -0.15) is 0 Å². The van der Waals surface area contributed by atoms with Crippen molar-refractivity contribution in [2.75, 3.05) is 11.2 Å². The number of carbonyl (C=O) groups is 1. The largest absolute Gasteiger partial charge is 0.379 e. The third-order valence-electron chi connectivity index (χ3n) is 3.26. The molecular formula is C15H15BrClNO2S. The summed E-state index contributed by atoms with van der Waals surface area (Å²) < 4.78 is 0.838. The predicted molar refractivity (Wildman–Crippen MR) is 91.1 cm³/mol. The summed E-state index contributed by atoms with van der Waals surface area (Å²) in [7, 11) is 0. The van der Waals surface area contributed by atoms with E-state index in [1.165, 1.54) is 11.3 Å². The molecule has 21 heavy (non-hydrogen) atoms. The van der Waals surface area contributed by atoms with Gasteiger partial charge >= 0.3 is 0 Å². The van der Waals surface area contributed by atoms with Crippen molar-refractivity contribution < 1.29 is 9.90 Å². The van der Waals surface area contributed by atoms with Gasteiger partial charge in [0.25, 0.3) is 0 Å². The summed E-state index contributed by atoms with van der Waals surface area (Å²) in [4.78, 5) is 12.4. The number of amides is 1. The van der Waals surface area contributed by atoms with Crippen LogP contribution < -0.4 is 5.32 Å². The van der Waals surface area contributed by atoms with E-state index in [1.54, 1.807) is 6.07 Å². The van der Waals surface area contributed by atoms with Crippen molar-refractivity contribution >= 4 is 50.5 Å². The molecule has 0 fully saturated rings. The zero-order valence-electron chi connectivity index (χ0n) is 11.4. The Hall–Kier alpha value is -0.880. The molecule has 0 bridgehead atoms. The Balaban J connectivity index is 2.54. The zero-order chi connectivity index (χ0) is 15.5. The molecule has 2 rings (SSSR count). The first-order valence-corrected chi connectivity index (χ1v) is 8.64. The molecule has 3 nitrogen and oxygen atoms in total. The van der Waals surface area contributed by atoms with Crippen LogP contribution in [0.4, 0.5) is 5.69 Å². The maximum atomic E-state index is 11.6. The number of carbonyl (C=O) groups excluding carboxylic acids is 1. The Morgan fingerprint density at radius 2 is 2.24 bits per heavy atom. The summed E-state index contributed by atoms with van der Waals surface area (Å²) in [5, 5.41) is 15.8. The minimum absolute atomic E-state index is 0.126. The Morgan fingerprint density at radius 3 is 2.81 bits per heavy atom. The van der Waals surface area contributed by atoms with E-state index in [4.69, 9.17) is 11.6 Å². The van der Waals surface area contributed by atoms with Crippen LogP contribution in [0.15, 0.2) is 40.2 Å². The third kappa shape index (κ3) is 3.48. The molecule has 1 aromatic carbocycles. The Kier molecular flexibility index (Phi) is 5.43. The Morgan fingerprint density at radius 1 is 1.48 bits per heavy atom. The molecule has 0 aliphatic carbocycles. The summed E-state index contributed by atoms with van der Waals surface area (Å²) in [6.45, 7) is 1.91. The monoisotopic (exact) mass is 387 g/mol. The quantitative estimate of drug-likeness (QED) is 0.749. The molecule has 0 spiro atoms. The van der Waals surface area contributed by atoms with Crippen LogP contribution in [0.25, 0.3) is 0 Å². The van der Waals surface area contributed by atoms with Crippen molar-refractivity contribution in [1.82, 2.24) is 0 Å². The van der Waals surface area contributed by atoms with Gasteiger partial charge in [0.1, 0.15) is 11.5 Å². The highest BCUT2D eigenvalue weighted by molar-refractivity contribution is 9.10. The molecule has 1 aromatic heterocycles. The van der Waals surface area contributed by atoms with Crippen LogP contribution >= 0.6 is 38.9 Å². The van der Waals surface area contributed by atoms with Crippen molar-refractivity contribution in [3.63, 3.8) is 0 Å². The number of aliphatic hydroxyl groups is 1. The molecule has 0 saturated carbocycles. The number of rotatable bonds is 5. The van der Waals surface area contributed by atoms with Crippen molar-refractivity contribution in [3.05, 3.63) is 50.6 Å². The molecular weight excluding hydrogens is 374 g/mol. The average molecular weight is 389 g/mol. The fraction of sp³-hybridized carbons (Fsp3) is 0.267. The lowest BCUT2D eigenvalue weighted by molar-refractivity contribution is -0.113. The third-order valence-corrected chi connectivity index (χ3v) is 5.02. The number of hydrogen-bond donors (Lipinski definition) is 2. The smallest absolute Gasteiger partial charge is 0.239 e. The lowest BCUT2D eigenvalue weighted by atomic mass is 9.88. The molecule has 0 saturated heterocycles. The van der Waals surface area contributed by atoms with E-state index < -0.39 is 5.60 Å². The van der Waals surface area contributed by atoms with Gasteiger partial charge in [-0.1, -0.05) is 28.9 Å². The highest BCUT2D eigenvalue weighted by Gasteiger charge is 2.33. The minimum atomic E-state index is -1.15. The van der Waals surface area contributed by atoms with Crippen LogP contribution in [0.1, 0.15) is 23.8 Å². The van der Waals surface area contributed by atoms with Gasteiger partial charge in [0.2, 0.25) is 5.91 Å². The van der Waals surface area contributed by atoms with Gasteiger partial charge in [-0.05, 0) is 36.1 Å². The molecule has 1 unspecified atom stereocenters. The van der Waals surface area contributed by atoms with Gasteiger partial charge in [0.05, 0.1) is 0 Å². The first-order chi connectivity index (χ1) is 10.0. The highest BCUT2D eigenvalue weighted by Crippen LogP contribution is 2.40. The van der Waals surface area contributed by atoms with Crippen LogP contribution in [0.2, 0.25) is 0 Å². The fourth-order valence-electron chi connectivity index (χ4n) is 2.16. The van der Waals surface area contributed by atoms with E-state index in [0.717, 1.165) is 9.35 Å². The number of anilines is 1. The lowest BCUT2D eigenvalue weighted by Crippen LogP contribution is -2.27. The summed E-state index contributed by atoms with van der Waals surface area (Å²) in [5.41, 5.74) is 0.0780. The van der Waals surface area contributed by atoms with Gasteiger partial charge in [0, 0.05) is 20.6 Å². The number of halogens is 2. The van der Waals surface area contributed by atoms with Crippen molar-refractivity contribution in [2.24, 2.45) is 0 Å². The van der Waals surface area contributed by atoms with Gasteiger partial charge in [-0.15, -0.1) is 22.9 Å². The average Bonchev–Trinajstić information content (AvgIpc) is 3.03. The van der Waals surface area contributed by atoms with E-state index >= 15 is 0 Å². The summed E-state index contributed by atoms with van der Waals surface area (Å²) in [5.74, 6) is -0.427. The van der Waals surface area contributed by atoms with E-state index in [0.29, 0.717) is 17.7 Å². The first kappa shape index (κ1) is 16.5. The number of hydrogen-bond acceptors (Lipinski definition) is 3. The SMILES string of the molecule is CCC(O)(c1cccs1)c1cc(Br)ccc1NC(=O)CCl. The maximum Gasteiger partial charge on any atom is 0.239 e. The first-order valence-electron chi connectivity index (χ1n) is 6.43. The molecule has 0 radical (unpaired) electrons. The number of alkyl halides is 1. The van der Waals surface area contributed by atoms with E-state index in [2.05, 4.69) is 21.2 Å². The summed E-state index contributed by atoms with van der Waals surface area (Å²) in [6.07, 6.45) is 0.494. The Labute approximate surface area is 141 Å². The zero-order valence-corrected chi connectivity index (χ0v) is 14.6.